The summed E-state index contributed by atoms with van der Waals surface area (Å²) < 4.78 is 5.35. The fourth-order valence-electron chi connectivity index (χ4n) is 1.21. The molecule has 18 heavy (non-hydrogen) atoms. The van der Waals surface area contributed by atoms with Gasteiger partial charge in [0.1, 0.15) is 5.75 Å². The Morgan fingerprint density at radius 2 is 1.94 bits per heavy atom. The van der Waals surface area contributed by atoms with Crippen molar-refractivity contribution >= 4 is 11.9 Å². The maximum absolute atomic E-state index is 11.5. The first kappa shape index (κ1) is 14.0. The van der Waals surface area contributed by atoms with Gasteiger partial charge < -0.3 is 15.2 Å². The predicted octanol–water partition coefficient (Wildman–Crippen LogP) is 0.402. The second kappa shape index (κ2) is 6.61. The van der Waals surface area contributed by atoms with Crippen molar-refractivity contribution in [2.75, 3.05) is 7.05 Å². The van der Waals surface area contributed by atoms with Crippen LogP contribution in [0.4, 0.5) is 4.79 Å². The van der Waals surface area contributed by atoms with E-state index in [4.69, 9.17) is 9.84 Å². The molecule has 0 heterocycles. The van der Waals surface area contributed by atoms with E-state index in [1.165, 1.54) is 14.0 Å². The van der Waals surface area contributed by atoms with Crippen molar-refractivity contribution in [1.82, 2.24) is 10.6 Å². The third-order valence-electron chi connectivity index (χ3n) is 2.25. The van der Waals surface area contributed by atoms with Crippen molar-refractivity contribution in [3.63, 3.8) is 0 Å². The lowest BCUT2D eigenvalue weighted by molar-refractivity contribution is -0.126. The Labute approximate surface area is 105 Å². The summed E-state index contributed by atoms with van der Waals surface area (Å²) in [5.41, 5.74) is 0.754. The molecule has 1 rings (SSSR count). The first-order chi connectivity index (χ1) is 8.56. The second-order valence-corrected chi connectivity index (χ2v) is 3.63. The van der Waals surface area contributed by atoms with E-state index < -0.39 is 18.0 Å². The average Bonchev–Trinajstić information content (AvgIpc) is 2.39. The first-order valence-electron chi connectivity index (χ1n) is 5.46. The van der Waals surface area contributed by atoms with E-state index >= 15 is 0 Å². The standard InChI is InChI=1S/C12H16N2O4/c1-8(11(16)14-12(17)13-2)18-10-5-3-9(7-15)4-6-10/h3-6,8,15H,7H2,1-2H3,(H2,13,14,16,17). The normalized spacial score (nSPS) is 11.5. The van der Waals surface area contributed by atoms with Crippen LogP contribution in [0.2, 0.25) is 0 Å². The quantitative estimate of drug-likeness (QED) is 0.724. The molecule has 0 radical (unpaired) electrons. The fraction of sp³-hybridized carbons (Fsp3) is 0.333. The maximum atomic E-state index is 11.5. The molecule has 0 spiro atoms. The lowest BCUT2D eigenvalue weighted by Gasteiger charge is -2.14. The molecule has 98 valence electrons. The SMILES string of the molecule is CNC(=O)NC(=O)C(C)Oc1ccc(CO)cc1. The summed E-state index contributed by atoms with van der Waals surface area (Å²) >= 11 is 0. The molecule has 0 bridgehead atoms. The predicted molar refractivity (Wildman–Crippen MR) is 65.1 cm³/mol. The van der Waals surface area contributed by atoms with Crippen LogP contribution >= 0.6 is 0 Å². The van der Waals surface area contributed by atoms with Gasteiger partial charge in [0.25, 0.3) is 5.91 Å². The molecule has 1 unspecified atom stereocenters. The molecule has 0 aliphatic rings. The van der Waals surface area contributed by atoms with E-state index in [-0.39, 0.29) is 6.61 Å². The van der Waals surface area contributed by atoms with Gasteiger partial charge in [0.15, 0.2) is 6.10 Å². The zero-order valence-electron chi connectivity index (χ0n) is 10.3. The van der Waals surface area contributed by atoms with Crippen LogP contribution in [0.15, 0.2) is 24.3 Å². The van der Waals surface area contributed by atoms with E-state index in [0.29, 0.717) is 5.75 Å². The van der Waals surface area contributed by atoms with Crippen molar-refractivity contribution in [3.8, 4) is 5.75 Å². The maximum Gasteiger partial charge on any atom is 0.321 e. The van der Waals surface area contributed by atoms with Crippen molar-refractivity contribution in [2.45, 2.75) is 19.6 Å². The van der Waals surface area contributed by atoms with Crippen LogP contribution in [-0.4, -0.2) is 30.2 Å². The van der Waals surface area contributed by atoms with Crippen molar-refractivity contribution < 1.29 is 19.4 Å². The summed E-state index contributed by atoms with van der Waals surface area (Å²) in [7, 11) is 1.42. The Morgan fingerprint density at radius 1 is 1.33 bits per heavy atom. The van der Waals surface area contributed by atoms with Crippen LogP contribution < -0.4 is 15.4 Å². The third kappa shape index (κ3) is 4.06. The molecule has 0 saturated carbocycles. The highest BCUT2D eigenvalue weighted by atomic mass is 16.5. The number of nitrogens with one attached hydrogen (secondary N) is 2. The Morgan fingerprint density at radius 3 is 2.44 bits per heavy atom. The Bertz CT molecular complexity index is 417. The van der Waals surface area contributed by atoms with Gasteiger partial charge in [-0.3, -0.25) is 10.1 Å². The number of hydrogen-bond acceptors (Lipinski definition) is 4. The van der Waals surface area contributed by atoms with Crippen LogP contribution in [0.25, 0.3) is 0 Å². The molecule has 0 fully saturated rings. The smallest absolute Gasteiger partial charge is 0.321 e. The Hall–Kier alpha value is -2.08. The summed E-state index contributed by atoms with van der Waals surface area (Å²) in [6.07, 6.45) is -0.790. The largest absolute Gasteiger partial charge is 0.481 e. The molecular formula is C12H16N2O4. The molecule has 0 aliphatic carbocycles. The van der Waals surface area contributed by atoms with E-state index in [2.05, 4.69) is 10.6 Å². The van der Waals surface area contributed by atoms with Crippen molar-refractivity contribution in [1.29, 1.82) is 0 Å². The zero-order chi connectivity index (χ0) is 13.5. The van der Waals surface area contributed by atoms with Crippen LogP contribution in [0, 0.1) is 0 Å². The van der Waals surface area contributed by atoms with Gasteiger partial charge >= 0.3 is 6.03 Å². The Kier molecular flexibility index (Phi) is 5.13. The molecule has 1 aromatic carbocycles. The topological polar surface area (TPSA) is 87.7 Å². The van der Waals surface area contributed by atoms with Gasteiger partial charge in [-0.1, -0.05) is 12.1 Å². The van der Waals surface area contributed by atoms with Crippen LogP contribution in [0.3, 0.4) is 0 Å². The van der Waals surface area contributed by atoms with Crippen molar-refractivity contribution in [3.05, 3.63) is 29.8 Å². The number of carbonyl (C=O) groups is 2. The zero-order valence-corrected chi connectivity index (χ0v) is 10.3. The van der Waals surface area contributed by atoms with Gasteiger partial charge in [0.05, 0.1) is 6.61 Å². The second-order valence-electron chi connectivity index (χ2n) is 3.63. The Balaban J connectivity index is 2.55. The number of aliphatic hydroxyl groups excluding tert-OH is 1. The third-order valence-corrected chi connectivity index (χ3v) is 2.25. The summed E-state index contributed by atoms with van der Waals surface area (Å²) in [5.74, 6) is -0.0349. The van der Waals surface area contributed by atoms with Crippen molar-refractivity contribution in [2.24, 2.45) is 0 Å². The van der Waals surface area contributed by atoms with Crippen LogP contribution in [-0.2, 0) is 11.4 Å². The van der Waals surface area contributed by atoms with E-state index in [9.17, 15) is 9.59 Å². The highest BCUT2D eigenvalue weighted by molar-refractivity contribution is 5.96. The number of imide groups is 1. The number of benzene rings is 1. The molecule has 0 aliphatic heterocycles. The molecule has 1 aromatic rings. The molecular weight excluding hydrogens is 236 g/mol. The minimum atomic E-state index is -0.790. The number of urea groups is 1. The minimum absolute atomic E-state index is 0.0486. The lowest BCUT2D eigenvalue weighted by Crippen LogP contribution is -2.43. The summed E-state index contributed by atoms with van der Waals surface area (Å²) in [5, 5.41) is 13.3. The molecule has 3 amide bonds. The molecule has 3 N–H and O–H groups in total. The number of aliphatic hydroxyl groups is 1. The molecule has 6 nitrogen and oxygen atoms in total. The highest BCUT2D eigenvalue weighted by Gasteiger charge is 2.16. The monoisotopic (exact) mass is 252 g/mol. The molecule has 6 heteroatoms. The fourth-order valence-corrected chi connectivity index (χ4v) is 1.21. The summed E-state index contributed by atoms with van der Waals surface area (Å²) in [6.45, 7) is 1.49. The van der Waals surface area contributed by atoms with Crippen LogP contribution in [0.5, 0.6) is 5.75 Å². The van der Waals surface area contributed by atoms with E-state index in [1.807, 2.05) is 0 Å². The number of amides is 3. The summed E-state index contributed by atoms with van der Waals surface area (Å²) in [6, 6.07) is 6.10. The lowest BCUT2D eigenvalue weighted by atomic mass is 10.2. The van der Waals surface area contributed by atoms with Gasteiger partial charge in [-0.2, -0.15) is 0 Å². The average molecular weight is 252 g/mol. The van der Waals surface area contributed by atoms with E-state index in [1.54, 1.807) is 24.3 Å². The summed E-state index contributed by atoms with van der Waals surface area (Å²) in [4.78, 5) is 22.4. The number of carbonyl (C=O) groups excluding carboxylic acids is 2. The molecule has 1 atom stereocenters. The number of hydrogen-bond donors (Lipinski definition) is 3. The van der Waals surface area contributed by atoms with Crippen LogP contribution in [0.1, 0.15) is 12.5 Å². The molecule has 0 saturated heterocycles. The van der Waals surface area contributed by atoms with Gasteiger partial charge in [-0.25, -0.2) is 4.79 Å². The van der Waals surface area contributed by atoms with Gasteiger partial charge in [-0.15, -0.1) is 0 Å². The first-order valence-corrected chi connectivity index (χ1v) is 5.46. The highest BCUT2D eigenvalue weighted by Crippen LogP contribution is 2.13. The number of ether oxygens (including phenoxy) is 1. The number of rotatable bonds is 4. The minimum Gasteiger partial charge on any atom is -0.481 e. The van der Waals surface area contributed by atoms with E-state index in [0.717, 1.165) is 5.56 Å². The van der Waals surface area contributed by atoms with Gasteiger partial charge in [0, 0.05) is 7.05 Å². The van der Waals surface area contributed by atoms with Gasteiger partial charge in [0.2, 0.25) is 0 Å². The molecule has 0 aromatic heterocycles. The van der Waals surface area contributed by atoms with Gasteiger partial charge in [-0.05, 0) is 24.6 Å².